The van der Waals surface area contributed by atoms with E-state index in [1.54, 1.807) is 16.2 Å². The van der Waals surface area contributed by atoms with Crippen molar-refractivity contribution < 1.29 is 9.59 Å². The van der Waals surface area contributed by atoms with Crippen LogP contribution in [-0.4, -0.2) is 50.7 Å². The van der Waals surface area contributed by atoms with Gasteiger partial charge in [0.05, 0.1) is 18.8 Å². The Hall–Kier alpha value is -1.87. The molecule has 0 saturated heterocycles. The van der Waals surface area contributed by atoms with Gasteiger partial charge in [0.1, 0.15) is 5.82 Å². The Balaban J connectivity index is 1.43. The molecule has 27 heavy (non-hydrogen) atoms. The topological polar surface area (TPSA) is 91.0 Å². The molecule has 0 atom stereocenters. The number of nitrogens with zero attached hydrogens (tertiary/aromatic N) is 3. The number of nitrogens with one attached hydrogen (secondary N) is 2. The molecule has 146 valence electrons. The maximum Gasteiger partial charge on any atom is 0.239 e. The van der Waals surface area contributed by atoms with Gasteiger partial charge in [-0.05, 0) is 31.2 Å². The second kappa shape index (κ2) is 9.89. The van der Waals surface area contributed by atoms with Crippen molar-refractivity contribution in [2.45, 2.75) is 50.2 Å². The first-order valence-corrected chi connectivity index (χ1v) is 11.1. The molecule has 3 rings (SSSR count). The number of aromatic amines is 1. The van der Waals surface area contributed by atoms with Gasteiger partial charge in [-0.1, -0.05) is 30.7 Å². The number of thioether (sulfide) groups is 1. The number of rotatable bonds is 9. The average molecular weight is 408 g/mol. The Kier molecular flexibility index (Phi) is 7.28. The summed E-state index contributed by atoms with van der Waals surface area (Å²) in [6.45, 7) is 2.94. The number of carbonyl (C=O) groups excluding carboxylic acids is 2. The van der Waals surface area contributed by atoms with Crippen molar-refractivity contribution in [3.8, 4) is 0 Å². The van der Waals surface area contributed by atoms with E-state index in [9.17, 15) is 9.59 Å². The SMILES string of the molecule is CCN(CC(=O)NCc1cccs1)C(=O)CSc1n[nH]c(C2CCCC2)n1. The zero-order valence-corrected chi connectivity index (χ0v) is 17.1. The van der Waals surface area contributed by atoms with Crippen LogP contribution >= 0.6 is 23.1 Å². The van der Waals surface area contributed by atoms with Crippen molar-refractivity contribution >= 4 is 34.9 Å². The minimum absolute atomic E-state index is 0.0720. The van der Waals surface area contributed by atoms with Gasteiger partial charge < -0.3 is 10.2 Å². The number of H-pyrrole nitrogens is 1. The Morgan fingerprint density at radius 3 is 2.93 bits per heavy atom. The van der Waals surface area contributed by atoms with Gasteiger partial charge in [0, 0.05) is 17.3 Å². The summed E-state index contributed by atoms with van der Waals surface area (Å²) in [4.78, 5) is 31.7. The van der Waals surface area contributed by atoms with Crippen LogP contribution in [0, 0.1) is 0 Å². The molecule has 9 heteroatoms. The Morgan fingerprint density at radius 2 is 2.22 bits per heavy atom. The molecule has 1 saturated carbocycles. The maximum absolute atomic E-state index is 12.4. The van der Waals surface area contributed by atoms with Crippen LogP contribution in [0.3, 0.4) is 0 Å². The summed E-state index contributed by atoms with van der Waals surface area (Å²) in [6, 6.07) is 3.92. The van der Waals surface area contributed by atoms with Gasteiger partial charge in [-0.15, -0.1) is 16.4 Å². The first kappa shape index (κ1) is 19.9. The first-order valence-electron chi connectivity index (χ1n) is 9.27. The molecule has 2 amide bonds. The van der Waals surface area contributed by atoms with E-state index in [0.29, 0.717) is 24.2 Å². The number of aromatic nitrogens is 3. The molecular weight excluding hydrogens is 382 g/mol. The van der Waals surface area contributed by atoms with Crippen LogP contribution in [0.4, 0.5) is 0 Å². The highest BCUT2D eigenvalue weighted by molar-refractivity contribution is 7.99. The average Bonchev–Trinajstić information content (AvgIpc) is 3.43. The summed E-state index contributed by atoms with van der Waals surface area (Å²) < 4.78 is 0. The lowest BCUT2D eigenvalue weighted by molar-refractivity contribution is -0.133. The van der Waals surface area contributed by atoms with E-state index in [1.165, 1.54) is 24.6 Å². The summed E-state index contributed by atoms with van der Waals surface area (Å²) >= 11 is 2.91. The molecule has 1 fully saturated rings. The number of likely N-dealkylation sites (N-methyl/N-ethyl adjacent to an activating group) is 1. The van der Waals surface area contributed by atoms with Crippen LogP contribution in [0.2, 0.25) is 0 Å². The molecule has 7 nitrogen and oxygen atoms in total. The molecule has 0 aliphatic heterocycles. The van der Waals surface area contributed by atoms with E-state index in [-0.39, 0.29) is 24.1 Å². The predicted molar refractivity (Wildman–Crippen MR) is 107 cm³/mol. The van der Waals surface area contributed by atoms with E-state index in [0.717, 1.165) is 23.5 Å². The van der Waals surface area contributed by atoms with Gasteiger partial charge in [0.2, 0.25) is 17.0 Å². The second-order valence-corrected chi connectivity index (χ2v) is 8.51. The van der Waals surface area contributed by atoms with Crippen LogP contribution in [0.15, 0.2) is 22.7 Å². The molecule has 0 radical (unpaired) electrons. The van der Waals surface area contributed by atoms with E-state index in [4.69, 9.17) is 0 Å². The van der Waals surface area contributed by atoms with E-state index >= 15 is 0 Å². The summed E-state index contributed by atoms with van der Waals surface area (Å²) in [5.74, 6) is 1.41. The fraction of sp³-hybridized carbons (Fsp3) is 0.556. The molecule has 2 heterocycles. The highest BCUT2D eigenvalue weighted by Gasteiger charge is 2.21. The molecule has 1 aliphatic carbocycles. The van der Waals surface area contributed by atoms with Crippen molar-refractivity contribution in [1.82, 2.24) is 25.4 Å². The van der Waals surface area contributed by atoms with E-state index < -0.39 is 0 Å². The fourth-order valence-electron chi connectivity index (χ4n) is 3.13. The van der Waals surface area contributed by atoms with E-state index in [1.807, 2.05) is 24.4 Å². The van der Waals surface area contributed by atoms with Gasteiger partial charge in [0.15, 0.2) is 0 Å². The third kappa shape index (κ3) is 5.80. The second-order valence-electron chi connectivity index (χ2n) is 6.54. The Morgan fingerprint density at radius 1 is 1.41 bits per heavy atom. The van der Waals surface area contributed by atoms with Crippen molar-refractivity contribution in [2.24, 2.45) is 0 Å². The van der Waals surface area contributed by atoms with Gasteiger partial charge in [-0.2, -0.15) is 0 Å². The predicted octanol–water partition coefficient (Wildman–Crippen LogP) is 2.78. The van der Waals surface area contributed by atoms with Crippen molar-refractivity contribution in [1.29, 1.82) is 0 Å². The number of hydrogen-bond donors (Lipinski definition) is 2. The third-order valence-corrected chi connectivity index (χ3v) is 6.37. The number of hydrogen-bond acceptors (Lipinski definition) is 6. The van der Waals surface area contributed by atoms with Crippen LogP contribution in [0.25, 0.3) is 0 Å². The minimum Gasteiger partial charge on any atom is -0.350 e. The Labute approximate surface area is 167 Å². The quantitative estimate of drug-likeness (QED) is 0.624. The molecule has 2 aromatic rings. The lowest BCUT2D eigenvalue weighted by Crippen LogP contribution is -2.41. The van der Waals surface area contributed by atoms with Crippen LogP contribution in [0.1, 0.15) is 49.2 Å². The van der Waals surface area contributed by atoms with Crippen LogP contribution in [-0.2, 0) is 16.1 Å². The standard InChI is InChI=1S/C18H25N5O2S2/c1-2-23(11-15(24)19-10-14-8-5-9-26-14)16(25)12-27-18-20-17(21-22-18)13-6-3-4-7-13/h5,8-9,13H,2-4,6-7,10-12H2,1H3,(H,19,24)(H,20,21,22). The molecule has 2 aromatic heterocycles. The summed E-state index contributed by atoms with van der Waals surface area (Å²) in [5.41, 5.74) is 0. The minimum atomic E-state index is -0.148. The van der Waals surface area contributed by atoms with Crippen molar-refractivity contribution in [3.63, 3.8) is 0 Å². The van der Waals surface area contributed by atoms with E-state index in [2.05, 4.69) is 20.5 Å². The third-order valence-electron chi connectivity index (χ3n) is 4.66. The molecule has 0 bridgehead atoms. The molecule has 0 unspecified atom stereocenters. The Bertz CT molecular complexity index is 741. The van der Waals surface area contributed by atoms with Gasteiger partial charge in [0.25, 0.3) is 0 Å². The zero-order chi connectivity index (χ0) is 19.1. The van der Waals surface area contributed by atoms with Crippen LogP contribution in [0.5, 0.6) is 0 Å². The largest absolute Gasteiger partial charge is 0.350 e. The fourth-order valence-corrected chi connectivity index (χ4v) is 4.48. The molecule has 0 aromatic carbocycles. The number of thiophene rings is 1. The van der Waals surface area contributed by atoms with Crippen LogP contribution < -0.4 is 5.32 Å². The molecule has 2 N–H and O–H groups in total. The van der Waals surface area contributed by atoms with Gasteiger partial charge >= 0.3 is 0 Å². The molecular formula is C18H25N5O2S2. The normalized spacial score (nSPS) is 14.4. The molecule has 0 spiro atoms. The lowest BCUT2D eigenvalue weighted by Gasteiger charge is -2.19. The van der Waals surface area contributed by atoms with Gasteiger partial charge in [-0.25, -0.2) is 4.98 Å². The lowest BCUT2D eigenvalue weighted by atomic mass is 10.1. The number of carbonyl (C=O) groups is 2. The first-order chi connectivity index (χ1) is 13.2. The highest BCUT2D eigenvalue weighted by atomic mass is 32.2. The maximum atomic E-state index is 12.4. The highest BCUT2D eigenvalue weighted by Crippen LogP contribution is 2.32. The zero-order valence-electron chi connectivity index (χ0n) is 15.4. The summed E-state index contributed by atoms with van der Waals surface area (Å²) in [5, 5.41) is 12.7. The molecule has 1 aliphatic rings. The van der Waals surface area contributed by atoms with Crippen molar-refractivity contribution in [2.75, 3.05) is 18.8 Å². The smallest absolute Gasteiger partial charge is 0.239 e. The van der Waals surface area contributed by atoms with Crippen molar-refractivity contribution in [3.05, 3.63) is 28.2 Å². The number of amides is 2. The summed E-state index contributed by atoms with van der Waals surface area (Å²) in [7, 11) is 0. The monoisotopic (exact) mass is 407 g/mol. The van der Waals surface area contributed by atoms with Gasteiger partial charge in [-0.3, -0.25) is 14.7 Å². The summed E-state index contributed by atoms with van der Waals surface area (Å²) in [6.07, 6.45) is 4.80.